The summed E-state index contributed by atoms with van der Waals surface area (Å²) in [5.41, 5.74) is 0. The first-order chi connectivity index (χ1) is 12.1. The summed E-state index contributed by atoms with van der Waals surface area (Å²) in [5.74, 6) is -3.82. The van der Waals surface area contributed by atoms with Crippen molar-refractivity contribution in [3.8, 4) is 5.75 Å². The van der Waals surface area contributed by atoms with Gasteiger partial charge in [0.15, 0.2) is 17.7 Å². The number of amides is 2. The topological polar surface area (TPSA) is 58.6 Å². The van der Waals surface area contributed by atoms with E-state index in [4.69, 9.17) is 4.74 Å². The van der Waals surface area contributed by atoms with Crippen LogP contribution in [0.1, 0.15) is 19.8 Å². The van der Waals surface area contributed by atoms with Crippen molar-refractivity contribution < 1.29 is 36.3 Å². The Morgan fingerprint density at radius 2 is 2.00 bits per heavy atom. The Labute approximate surface area is 146 Å². The molecule has 1 saturated heterocycles. The van der Waals surface area contributed by atoms with Crippen LogP contribution in [0.5, 0.6) is 5.75 Å². The van der Waals surface area contributed by atoms with Gasteiger partial charge in [-0.25, -0.2) is 8.78 Å². The molecule has 5 nitrogen and oxygen atoms in total. The van der Waals surface area contributed by atoms with Crippen LogP contribution >= 0.6 is 0 Å². The highest BCUT2D eigenvalue weighted by Gasteiger charge is 2.38. The van der Waals surface area contributed by atoms with Gasteiger partial charge in [-0.3, -0.25) is 9.59 Å². The van der Waals surface area contributed by atoms with Crippen LogP contribution in [0, 0.1) is 11.6 Å². The van der Waals surface area contributed by atoms with E-state index in [0.29, 0.717) is 6.42 Å². The van der Waals surface area contributed by atoms with Crippen molar-refractivity contribution >= 4 is 11.8 Å². The monoisotopic (exact) mass is 380 g/mol. The Kier molecular flexibility index (Phi) is 6.04. The average Bonchev–Trinajstić information content (AvgIpc) is 3.04. The minimum Gasteiger partial charge on any atom is -0.481 e. The number of alkyl halides is 3. The van der Waals surface area contributed by atoms with Crippen LogP contribution in [0.3, 0.4) is 0 Å². The summed E-state index contributed by atoms with van der Waals surface area (Å²) < 4.78 is 68.0. The van der Waals surface area contributed by atoms with E-state index in [2.05, 4.69) is 0 Å². The van der Waals surface area contributed by atoms with Gasteiger partial charge in [0.05, 0.1) is 0 Å². The summed E-state index contributed by atoms with van der Waals surface area (Å²) in [4.78, 5) is 25.5. The molecule has 1 aromatic rings. The number of ether oxygens (including phenoxy) is 1. The number of benzene rings is 1. The quantitative estimate of drug-likeness (QED) is 0.799. The number of likely N-dealkylation sites (tertiary alicyclic amines) is 1. The fraction of sp³-hybridized carbons (Fsp3) is 0.500. The first-order valence-corrected chi connectivity index (χ1v) is 7.85. The Hall–Kier alpha value is -2.39. The van der Waals surface area contributed by atoms with Crippen LogP contribution in [-0.4, -0.2) is 48.1 Å². The minimum atomic E-state index is -4.55. The van der Waals surface area contributed by atoms with Crippen molar-refractivity contribution in [2.24, 2.45) is 0 Å². The summed E-state index contributed by atoms with van der Waals surface area (Å²) >= 11 is 0. The third-order valence-corrected chi connectivity index (χ3v) is 3.85. The lowest BCUT2D eigenvalue weighted by atomic mass is 10.2. The molecule has 0 saturated carbocycles. The van der Waals surface area contributed by atoms with Gasteiger partial charge in [-0.15, -0.1) is 0 Å². The van der Waals surface area contributed by atoms with Crippen LogP contribution in [0.4, 0.5) is 22.0 Å². The van der Waals surface area contributed by atoms with Crippen LogP contribution in [0.15, 0.2) is 18.2 Å². The van der Waals surface area contributed by atoms with E-state index in [-0.39, 0.29) is 18.7 Å². The van der Waals surface area contributed by atoms with E-state index in [1.807, 2.05) is 0 Å². The summed E-state index contributed by atoms with van der Waals surface area (Å²) in [6, 6.07) is 1.72. The zero-order valence-electron chi connectivity index (χ0n) is 13.8. The molecule has 1 aromatic carbocycles. The molecule has 1 aliphatic rings. The molecule has 1 heterocycles. The molecule has 2 rings (SSSR count). The largest absolute Gasteiger partial charge is 0.481 e. The van der Waals surface area contributed by atoms with E-state index >= 15 is 0 Å². The Morgan fingerprint density at radius 1 is 1.31 bits per heavy atom. The van der Waals surface area contributed by atoms with Crippen LogP contribution < -0.4 is 10.1 Å². The molecule has 2 unspecified atom stereocenters. The standard InChI is InChI=1S/C16H17F5N2O3/c1-9(26-10-4-5-11(17)12(18)7-10)15(25)23-6-2-3-13(23)14(24)22-8-16(19,20)21/h4-5,7,9,13H,2-3,6,8H2,1H3,(H,22,24). The normalized spacial score (nSPS) is 18.5. The first kappa shape index (κ1) is 19.9. The third kappa shape index (κ3) is 5.06. The maximum atomic E-state index is 13.2. The molecule has 2 atom stereocenters. The molecular weight excluding hydrogens is 363 g/mol. The van der Waals surface area contributed by atoms with Crippen molar-refractivity contribution in [1.29, 1.82) is 0 Å². The molecule has 0 spiro atoms. The maximum Gasteiger partial charge on any atom is 0.405 e. The van der Waals surface area contributed by atoms with Crippen molar-refractivity contribution in [3.63, 3.8) is 0 Å². The van der Waals surface area contributed by atoms with Gasteiger partial charge in [0, 0.05) is 12.6 Å². The van der Waals surface area contributed by atoms with Gasteiger partial charge < -0.3 is 15.0 Å². The highest BCUT2D eigenvalue weighted by Crippen LogP contribution is 2.22. The molecule has 1 aliphatic heterocycles. The predicted octanol–water partition coefficient (Wildman–Crippen LogP) is 2.40. The fourth-order valence-corrected chi connectivity index (χ4v) is 2.65. The van der Waals surface area contributed by atoms with Gasteiger partial charge in [0.2, 0.25) is 5.91 Å². The van der Waals surface area contributed by atoms with Crippen molar-refractivity contribution in [3.05, 3.63) is 29.8 Å². The number of carbonyl (C=O) groups is 2. The van der Waals surface area contributed by atoms with Gasteiger partial charge >= 0.3 is 6.18 Å². The minimum absolute atomic E-state index is 0.0815. The molecule has 0 aliphatic carbocycles. The fourth-order valence-electron chi connectivity index (χ4n) is 2.65. The SMILES string of the molecule is CC(Oc1ccc(F)c(F)c1)C(=O)N1CCCC1C(=O)NCC(F)(F)F. The molecule has 0 aromatic heterocycles. The summed E-state index contributed by atoms with van der Waals surface area (Å²) in [6.07, 6.45) is -5.00. The number of rotatable bonds is 5. The zero-order chi connectivity index (χ0) is 19.5. The number of carbonyl (C=O) groups excluding carboxylic acids is 2. The van der Waals surface area contributed by atoms with Crippen molar-refractivity contribution in [2.75, 3.05) is 13.1 Å². The van der Waals surface area contributed by atoms with E-state index in [9.17, 15) is 31.5 Å². The van der Waals surface area contributed by atoms with Gasteiger partial charge in [-0.2, -0.15) is 13.2 Å². The van der Waals surface area contributed by atoms with Crippen LogP contribution in [-0.2, 0) is 9.59 Å². The lowest BCUT2D eigenvalue weighted by Gasteiger charge is -2.27. The molecule has 144 valence electrons. The van der Waals surface area contributed by atoms with E-state index in [1.165, 1.54) is 6.92 Å². The molecular formula is C16H17F5N2O3. The van der Waals surface area contributed by atoms with Gasteiger partial charge in [-0.1, -0.05) is 0 Å². The lowest BCUT2D eigenvalue weighted by Crippen LogP contribution is -2.50. The molecule has 0 bridgehead atoms. The van der Waals surface area contributed by atoms with E-state index in [0.717, 1.165) is 23.1 Å². The summed E-state index contributed by atoms with van der Waals surface area (Å²) in [5, 5.41) is 1.76. The summed E-state index contributed by atoms with van der Waals surface area (Å²) in [7, 11) is 0. The van der Waals surface area contributed by atoms with Crippen LogP contribution in [0.25, 0.3) is 0 Å². The highest BCUT2D eigenvalue weighted by molar-refractivity contribution is 5.90. The number of hydrogen-bond acceptors (Lipinski definition) is 3. The Bertz CT molecular complexity index is 680. The molecule has 26 heavy (non-hydrogen) atoms. The second-order valence-corrected chi connectivity index (χ2v) is 5.86. The zero-order valence-corrected chi connectivity index (χ0v) is 13.8. The molecule has 1 N–H and O–H groups in total. The average molecular weight is 380 g/mol. The van der Waals surface area contributed by atoms with E-state index in [1.54, 1.807) is 5.32 Å². The van der Waals surface area contributed by atoms with Gasteiger partial charge in [0.25, 0.3) is 5.91 Å². The Balaban J connectivity index is 1.99. The van der Waals surface area contributed by atoms with Crippen molar-refractivity contribution in [1.82, 2.24) is 10.2 Å². The molecule has 1 fully saturated rings. The summed E-state index contributed by atoms with van der Waals surface area (Å²) in [6.45, 7) is 0.0618. The molecule has 10 heteroatoms. The molecule has 0 radical (unpaired) electrons. The third-order valence-electron chi connectivity index (χ3n) is 3.85. The number of nitrogens with one attached hydrogen (secondary N) is 1. The smallest absolute Gasteiger partial charge is 0.405 e. The van der Waals surface area contributed by atoms with Gasteiger partial charge in [0.1, 0.15) is 18.3 Å². The van der Waals surface area contributed by atoms with Crippen molar-refractivity contribution in [2.45, 2.75) is 38.1 Å². The van der Waals surface area contributed by atoms with Gasteiger partial charge in [-0.05, 0) is 31.9 Å². The van der Waals surface area contributed by atoms with Crippen LogP contribution in [0.2, 0.25) is 0 Å². The highest BCUT2D eigenvalue weighted by atomic mass is 19.4. The maximum absolute atomic E-state index is 13.2. The predicted molar refractivity (Wildman–Crippen MR) is 80.2 cm³/mol. The second kappa shape index (κ2) is 7.88. The first-order valence-electron chi connectivity index (χ1n) is 7.85. The molecule has 2 amide bonds. The number of halogens is 5. The second-order valence-electron chi connectivity index (χ2n) is 5.86. The van der Waals surface area contributed by atoms with E-state index < -0.39 is 48.3 Å². The lowest BCUT2D eigenvalue weighted by molar-refractivity contribution is -0.147. The Morgan fingerprint density at radius 3 is 2.62 bits per heavy atom. The number of nitrogens with zero attached hydrogens (tertiary/aromatic N) is 1. The number of hydrogen-bond donors (Lipinski definition) is 1.